The number of hydrogen-bond donors (Lipinski definition) is 2. The van der Waals surface area contributed by atoms with Crippen molar-refractivity contribution in [2.45, 2.75) is 26.2 Å². The van der Waals surface area contributed by atoms with Crippen molar-refractivity contribution in [3.63, 3.8) is 0 Å². The Morgan fingerprint density at radius 1 is 1.57 bits per heavy atom. The Bertz CT molecular complexity index is 222. The highest BCUT2D eigenvalue weighted by Gasteiger charge is 2.07. The summed E-state index contributed by atoms with van der Waals surface area (Å²) in [6.07, 6.45) is 4.71. The summed E-state index contributed by atoms with van der Waals surface area (Å²) in [4.78, 5) is 4.04. The van der Waals surface area contributed by atoms with Crippen molar-refractivity contribution in [1.82, 2.24) is 9.36 Å². The molecule has 0 saturated carbocycles. The predicted molar refractivity (Wildman–Crippen MR) is 58.5 cm³/mol. The number of anilines is 1. The zero-order valence-electron chi connectivity index (χ0n) is 8.44. The summed E-state index contributed by atoms with van der Waals surface area (Å²) in [6, 6.07) is 0. The molecule has 1 atom stereocenters. The van der Waals surface area contributed by atoms with Crippen LogP contribution in [0.25, 0.3) is 0 Å². The van der Waals surface area contributed by atoms with Crippen LogP contribution in [0.1, 0.15) is 26.2 Å². The van der Waals surface area contributed by atoms with E-state index in [1.54, 1.807) is 6.33 Å². The molecule has 1 unspecified atom stereocenters. The third-order valence-electron chi connectivity index (χ3n) is 2.14. The minimum atomic E-state index is 0.266. The van der Waals surface area contributed by atoms with Gasteiger partial charge in [-0.15, -0.1) is 0 Å². The normalized spacial score (nSPS) is 12.7. The molecule has 0 aliphatic rings. The topological polar surface area (TPSA) is 58.0 Å². The quantitative estimate of drug-likeness (QED) is 0.727. The number of nitrogens with one attached hydrogen (secondary N) is 1. The van der Waals surface area contributed by atoms with Crippen LogP contribution in [0.5, 0.6) is 0 Å². The van der Waals surface area contributed by atoms with Gasteiger partial charge in [0, 0.05) is 24.7 Å². The van der Waals surface area contributed by atoms with E-state index in [0.29, 0.717) is 5.92 Å². The molecular weight excluding hydrogens is 198 g/mol. The summed E-state index contributed by atoms with van der Waals surface area (Å²) in [7, 11) is 0. The first-order chi connectivity index (χ1) is 6.86. The number of aliphatic hydroxyl groups excluding tert-OH is 1. The highest BCUT2D eigenvalue weighted by Crippen LogP contribution is 2.13. The summed E-state index contributed by atoms with van der Waals surface area (Å²) in [5.41, 5.74) is 0. The SMILES string of the molecule is CCCC(CCO)CNc1ncns1. The van der Waals surface area contributed by atoms with Crippen molar-refractivity contribution in [2.24, 2.45) is 5.92 Å². The molecule has 0 aliphatic heterocycles. The van der Waals surface area contributed by atoms with E-state index in [2.05, 4.69) is 21.6 Å². The second-order valence-corrected chi connectivity index (χ2v) is 4.07. The Balaban J connectivity index is 2.25. The van der Waals surface area contributed by atoms with E-state index in [1.807, 2.05) is 0 Å². The molecule has 0 bridgehead atoms. The summed E-state index contributed by atoms with van der Waals surface area (Å²) in [5, 5.41) is 13.0. The van der Waals surface area contributed by atoms with Crippen LogP contribution in [0, 0.1) is 5.92 Å². The summed E-state index contributed by atoms with van der Waals surface area (Å²) in [6.45, 7) is 3.31. The van der Waals surface area contributed by atoms with Gasteiger partial charge in [-0.1, -0.05) is 13.3 Å². The van der Waals surface area contributed by atoms with Gasteiger partial charge in [0.05, 0.1) is 0 Å². The van der Waals surface area contributed by atoms with Crippen LogP contribution >= 0.6 is 11.5 Å². The van der Waals surface area contributed by atoms with Crippen molar-refractivity contribution < 1.29 is 5.11 Å². The lowest BCUT2D eigenvalue weighted by Gasteiger charge is -2.14. The number of aromatic nitrogens is 2. The minimum Gasteiger partial charge on any atom is -0.396 e. The fourth-order valence-corrected chi connectivity index (χ4v) is 1.86. The van der Waals surface area contributed by atoms with E-state index in [9.17, 15) is 0 Å². The highest BCUT2D eigenvalue weighted by atomic mass is 32.1. The lowest BCUT2D eigenvalue weighted by Crippen LogP contribution is -2.15. The third-order valence-corrected chi connectivity index (χ3v) is 2.76. The van der Waals surface area contributed by atoms with Crippen LogP contribution in [0.4, 0.5) is 5.13 Å². The van der Waals surface area contributed by atoms with E-state index in [4.69, 9.17) is 5.11 Å². The average Bonchev–Trinajstić information content (AvgIpc) is 2.67. The largest absolute Gasteiger partial charge is 0.396 e. The van der Waals surface area contributed by atoms with E-state index in [1.165, 1.54) is 11.5 Å². The minimum absolute atomic E-state index is 0.266. The Hall–Kier alpha value is -0.680. The Labute approximate surface area is 88.6 Å². The molecule has 0 aromatic carbocycles. The van der Waals surface area contributed by atoms with Crippen molar-refractivity contribution >= 4 is 16.7 Å². The first kappa shape index (κ1) is 11.4. The number of rotatable bonds is 7. The number of aliphatic hydroxyl groups is 1. The molecule has 1 aromatic rings. The number of nitrogens with zero attached hydrogens (tertiary/aromatic N) is 2. The maximum absolute atomic E-state index is 8.87. The van der Waals surface area contributed by atoms with Gasteiger partial charge in [-0.2, -0.15) is 4.37 Å². The van der Waals surface area contributed by atoms with E-state index < -0.39 is 0 Å². The molecular formula is C9H17N3OS. The molecule has 0 radical (unpaired) electrons. The van der Waals surface area contributed by atoms with E-state index in [-0.39, 0.29) is 6.61 Å². The molecule has 4 nitrogen and oxygen atoms in total. The predicted octanol–water partition coefficient (Wildman–Crippen LogP) is 1.75. The summed E-state index contributed by atoms with van der Waals surface area (Å²) >= 11 is 1.37. The molecule has 80 valence electrons. The fourth-order valence-electron chi connectivity index (χ4n) is 1.42. The van der Waals surface area contributed by atoms with E-state index >= 15 is 0 Å². The van der Waals surface area contributed by atoms with Gasteiger partial charge in [0.1, 0.15) is 6.33 Å². The average molecular weight is 215 g/mol. The van der Waals surface area contributed by atoms with E-state index in [0.717, 1.165) is 30.9 Å². The second-order valence-electron chi connectivity index (χ2n) is 3.29. The van der Waals surface area contributed by atoms with Crippen molar-refractivity contribution in [3.05, 3.63) is 6.33 Å². The molecule has 2 N–H and O–H groups in total. The molecule has 1 heterocycles. The number of hydrogen-bond acceptors (Lipinski definition) is 5. The van der Waals surface area contributed by atoms with Gasteiger partial charge < -0.3 is 10.4 Å². The summed E-state index contributed by atoms with van der Waals surface area (Å²) in [5.74, 6) is 0.536. The smallest absolute Gasteiger partial charge is 0.202 e. The molecule has 0 saturated heterocycles. The molecule has 14 heavy (non-hydrogen) atoms. The molecule has 1 rings (SSSR count). The Morgan fingerprint density at radius 2 is 2.43 bits per heavy atom. The standard InChI is InChI=1S/C9H17N3OS/c1-2-3-8(4-5-13)6-10-9-11-7-12-14-9/h7-8,13H,2-6H2,1H3,(H,10,11,12). The maximum Gasteiger partial charge on any atom is 0.202 e. The van der Waals surface area contributed by atoms with Gasteiger partial charge in [0.25, 0.3) is 0 Å². The van der Waals surface area contributed by atoms with Crippen LogP contribution < -0.4 is 5.32 Å². The monoisotopic (exact) mass is 215 g/mol. The summed E-state index contributed by atoms with van der Waals surface area (Å²) < 4.78 is 3.91. The van der Waals surface area contributed by atoms with Crippen LogP contribution in [-0.4, -0.2) is 27.6 Å². The Kier molecular flexibility index (Phi) is 5.47. The van der Waals surface area contributed by atoms with Crippen LogP contribution in [0.15, 0.2) is 6.33 Å². The van der Waals surface area contributed by atoms with Crippen LogP contribution in [0.2, 0.25) is 0 Å². The third kappa shape index (κ3) is 4.02. The first-order valence-corrected chi connectivity index (χ1v) is 5.75. The first-order valence-electron chi connectivity index (χ1n) is 4.98. The van der Waals surface area contributed by atoms with Crippen LogP contribution in [-0.2, 0) is 0 Å². The maximum atomic E-state index is 8.87. The zero-order valence-corrected chi connectivity index (χ0v) is 9.26. The van der Waals surface area contributed by atoms with Gasteiger partial charge in [-0.25, -0.2) is 4.98 Å². The molecule has 0 amide bonds. The second kappa shape index (κ2) is 6.73. The molecule has 0 spiro atoms. The fraction of sp³-hybridized carbons (Fsp3) is 0.778. The van der Waals surface area contributed by atoms with Crippen molar-refractivity contribution in [2.75, 3.05) is 18.5 Å². The molecule has 0 aliphatic carbocycles. The van der Waals surface area contributed by atoms with Gasteiger partial charge in [-0.05, 0) is 18.8 Å². The van der Waals surface area contributed by atoms with Gasteiger partial charge >= 0.3 is 0 Å². The highest BCUT2D eigenvalue weighted by molar-refractivity contribution is 7.09. The van der Waals surface area contributed by atoms with Gasteiger partial charge in [-0.3, -0.25) is 0 Å². The Morgan fingerprint density at radius 3 is 3.00 bits per heavy atom. The lowest BCUT2D eigenvalue weighted by atomic mass is 10.0. The molecule has 0 fully saturated rings. The molecule has 5 heteroatoms. The lowest BCUT2D eigenvalue weighted by molar-refractivity contribution is 0.255. The van der Waals surface area contributed by atoms with Crippen LogP contribution in [0.3, 0.4) is 0 Å². The van der Waals surface area contributed by atoms with Crippen molar-refractivity contribution in [1.29, 1.82) is 0 Å². The van der Waals surface area contributed by atoms with Gasteiger partial charge in [0.15, 0.2) is 0 Å². The molecule has 1 aromatic heterocycles. The van der Waals surface area contributed by atoms with Crippen molar-refractivity contribution in [3.8, 4) is 0 Å². The van der Waals surface area contributed by atoms with Gasteiger partial charge in [0.2, 0.25) is 5.13 Å². The zero-order chi connectivity index (χ0) is 10.2.